The lowest BCUT2D eigenvalue weighted by Crippen LogP contribution is -2.31. The first-order valence-electron chi connectivity index (χ1n) is 9.85. The van der Waals surface area contributed by atoms with Gasteiger partial charge in [0.1, 0.15) is 17.4 Å². The predicted octanol–water partition coefficient (Wildman–Crippen LogP) is 4.61. The van der Waals surface area contributed by atoms with Crippen LogP contribution in [-0.4, -0.2) is 43.8 Å². The zero-order valence-corrected chi connectivity index (χ0v) is 19.2. The van der Waals surface area contributed by atoms with E-state index in [-0.39, 0.29) is 17.7 Å². The topological polar surface area (TPSA) is 84.0 Å². The first-order chi connectivity index (χ1) is 15.0. The zero-order chi connectivity index (χ0) is 21.8. The van der Waals surface area contributed by atoms with Crippen LogP contribution in [0.2, 0.25) is 0 Å². The first-order valence-corrected chi connectivity index (χ1v) is 11.6. The van der Waals surface area contributed by atoms with Crippen LogP contribution in [0.3, 0.4) is 0 Å². The van der Waals surface area contributed by atoms with E-state index in [2.05, 4.69) is 20.2 Å². The molecule has 0 radical (unpaired) electrons. The molecule has 7 nitrogen and oxygen atoms in total. The van der Waals surface area contributed by atoms with Crippen molar-refractivity contribution in [3.8, 4) is 5.75 Å². The fraction of sp³-hybridized carbons (Fsp3) is 0.273. The molecule has 1 N–H and O–H groups in total. The third kappa shape index (κ3) is 5.05. The smallest absolute Gasteiger partial charge is 0.233 e. The van der Waals surface area contributed by atoms with Crippen LogP contribution in [-0.2, 0) is 11.4 Å². The Kier molecular flexibility index (Phi) is 6.53. The molecular weight excluding hydrogens is 430 g/mol. The molecule has 4 aromatic rings. The monoisotopic (exact) mass is 453 g/mol. The Balaban J connectivity index is 1.30. The first kappa shape index (κ1) is 21.3. The van der Waals surface area contributed by atoms with Gasteiger partial charge < -0.3 is 9.64 Å². The number of aromatic nitrogens is 4. The molecule has 0 unspecified atom stereocenters. The highest BCUT2D eigenvalue weighted by Gasteiger charge is 2.21. The minimum atomic E-state index is -0.101. The van der Waals surface area contributed by atoms with E-state index >= 15 is 0 Å². The number of para-hydroxylation sites is 2. The number of thioether (sulfide) groups is 1. The van der Waals surface area contributed by atoms with Crippen LogP contribution in [0.4, 0.5) is 0 Å². The standard InChI is InChI=1S/C22H23N5O2S2/c1-14-8-4-6-10-17(14)29-12-19-24-22(26-25-19)30-13-20(28)27(3)15(2)21-23-16-9-5-7-11-18(16)31-21/h4-11,15H,12-13H2,1-3H3,(H,24,25,26)/t15-/m1/s1. The number of thiazole rings is 1. The van der Waals surface area contributed by atoms with Crippen LogP contribution in [0.1, 0.15) is 29.4 Å². The number of aromatic amines is 1. The summed E-state index contributed by atoms with van der Waals surface area (Å²) in [6, 6.07) is 15.7. The second kappa shape index (κ2) is 9.49. The van der Waals surface area contributed by atoms with Crippen molar-refractivity contribution in [1.82, 2.24) is 25.1 Å². The van der Waals surface area contributed by atoms with Crippen LogP contribution in [0.5, 0.6) is 5.75 Å². The van der Waals surface area contributed by atoms with Gasteiger partial charge in [0, 0.05) is 7.05 Å². The zero-order valence-electron chi connectivity index (χ0n) is 17.5. The summed E-state index contributed by atoms with van der Waals surface area (Å²) in [6.07, 6.45) is 0. The summed E-state index contributed by atoms with van der Waals surface area (Å²) in [6.45, 7) is 4.28. The van der Waals surface area contributed by atoms with E-state index in [1.165, 1.54) is 11.8 Å². The Morgan fingerprint density at radius 3 is 2.77 bits per heavy atom. The third-order valence-corrected chi connectivity index (χ3v) is 6.97. The molecule has 1 amide bonds. The number of aryl methyl sites for hydroxylation is 1. The molecule has 0 bridgehead atoms. The average Bonchev–Trinajstić information content (AvgIpc) is 3.42. The molecular formula is C22H23N5O2S2. The Labute approximate surface area is 188 Å². The van der Waals surface area contributed by atoms with Crippen molar-refractivity contribution in [2.75, 3.05) is 12.8 Å². The normalized spacial score (nSPS) is 12.1. The van der Waals surface area contributed by atoms with Gasteiger partial charge in [-0.25, -0.2) is 9.97 Å². The maximum absolute atomic E-state index is 12.7. The molecule has 9 heteroatoms. The maximum Gasteiger partial charge on any atom is 0.233 e. The van der Waals surface area contributed by atoms with Crippen molar-refractivity contribution in [2.45, 2.75) is 31.7 Å². The van der Waals surface area contributed by atoms with E-state index in [9.17, 15) is 4.79 Å². The molecule has 0 fully saturated rings. The Hall–Kier alpha value is -2.91. The maximum atomic E-state index is 12.7. The second-order valence-corrected chi connectivity index (χ2v) is 9.11. The van der Waals surface area contributed by atoms with Crippen molar-refractivity contribution >= 4 is 39.2 Å². The van der Waals surface area contributed by atoms with Crippen molar-refractivity contribution in [2.24, 2.45) is 0 Å². The van der Waals surface area contributed by atoms with Gasteiger partial charge >= 0.3 is 0 Å². The molecule has 0 saturated carbocycles. The Morgan fingerprint density at radius 1 is 1.19 bits per heavy atom. The molecule has 0 saturated heterocycles. The van der Waals surface area contributed by atoms with Crippen molar-refractivity contribution in [1.29, 1.82) is 0 Å². The number of ether oxygens (including phenoxy) is 1. The summed E-state index contributed by atoms with van der Waals surface area (Å²) in [5.41, 5.74) is 2.03. The number of rotatable bonds is 8. The molecule has 160 valence electrons. The van der Waals surface area contributed by atoms with Gasteiger partial charge in [0.05, 0.1) is 22.0 Å². The number of nitrogens with one attached hydrogen (secondary N) is 1. The van der Waals surface area contributed by atoms with E-state index < -0.39 is 0 Å². The number of carbonyl (C=O) groups is 1. The number of benzene rings is 2. The quantitative estimate of drug-likeness (QED) is 0.392. The molecule has 31 heavy (non-hydrogen) atoms. The summed E-state index contributed by atoms with van der Waals surface area (Å²) >= 11 is 2.92. The molecule has 2 aromatic carbocycles. The summed E-state index contributed by atoms with van der Waals surface area (Å²) in [5.74, 6) is 1.68. The number of hydrogen-bond donors (Lipinski definition) is 1. The Morgan fingerprint density at radius 2 is 1.97 bits per heavy atom. The van der Waals surface area contributed by atoms with Crippen LogP contribution < -0.4 is 4.74 Å². The summed E-state index contributed by atoms with van der Waals surface area (Å²) < 4.78 is 6.91. The summed E-state index contributed by atoms with van der Waals surface area (Å²) in [5, 5.41) is 8.50. The molecule has 0 aliphatic carbocycles. The van der Waals surface area contributed by atoms with Crippen LogP contribution in [0.25, 0.3) is 10.2 Å². The van der Waals surface area contributed by atoms with Gasteiger partial charge in [0.2, 0.25) is 11.1 Å². The van der Waals surface area contributed by atoms with Gasteiger partial charge in [-0.2, -0.15) is 0 Å². The molecule has 2 heterocycles. The summed E-state index contributed by atoms with van der Waals surface area (Å²) in [7, 11) is 1.80. The van der Waals surface area contributed by atoms with Gasteiger partial charge in [-0.3, -0.25) is 9.89 Å². The molecule has 1 atom stereocenters. The van der Waals surface area contributed by atoms with Gasteiger partial charge in [-0.15, -0.1) is 16.4 Å². The van der Waals surface area contributed by atoms with Crippen molar-refractivity contribution in [3.63, 3.8) is 0 Å². The molecule has 0 spiro atoms. The Bertz CT molecular complexity index is 1160. The number of nitrogens with zero attached hydrogens (tertiary/aromatic N) is 4. The number of hydrogen-bond acceptors (Lipinski definition) is 7. The number of carbonyl (C=O) groups excluding carboxylic acids is 1. The van der Waals surface area contributed by atoms with E-state index in [0.29, 0.717) is 17.6 Å². The highest BCUT2D eigenvalue weighted by atomic mass is 32.2. The molecule has 0 aliphatic heterocycles. The third-order valence-electron chi connectivity index (χ3n) is 4.94. The molecule has 4 rings (SSSR count). The van der Waals surface area contributed by atoms with E-state index in [1.807, 2.05) is 62.4 Å². The lowest BCUT2D eigenvalue weighted by atomic mass is 10.2. The van der Waals surface area contributed by atoms with Crippen LogP contribution in [0, 0.1) is 6.92 Å². The van der Waals surface area contributed by atoms with Crippen LogP contribution in [0.15, 0.2) is 53.7 Å². The van der Waals surface area contributed by atoms with E-state index in [1.54, 1.807) is 23.3 Å². The van der Waals surface area contributed by atoms with Crippen LogP contribution >= 0.6 is 23.1 Å². The number of fused-ring (bicyclic) bond motifs is 1. The minimum Gasteiger partial charge on any atom is -0.485 e. The lowest BCUT2D eigenvalue weighted by molar-refractivity contribution is -0.128. The van der Waals surface area contributed by atoms with Gasteiger partial charge in [0.25, 0.3) is 0 Å². The van der Waals surface area contributed by atoms with Gasteiger partial charge in [-0.05, 0) is 37.6 Å². The van der Waals surface area contributed by atoms with E-state index in [0.717, 1.165) is 26.5 Å². The molecule has 0 aliphatic rings. The largest absolute Gasteiger partial charge is 0.485 e. The fourth-order valence-corrected chi connectivity index (χ4v) is 4.75. The highest BCUT2D eigenvalue weighted by molar-refractivity contribution is 7.99. The lowest BCUT2D eigenvalue weighted by Gasteiger charge is -2.22. The number of amides is 1. The summed E-state index contributed by atoms with van der Waals surface area (Å²) in [4.78, 5) is 23.5. The van der Waals surface area contributed by atoms with Crippen molar-refractivity contribution in [3.05, 3.63) is 64.9 Å². The second-order valence-electron chi connectivity index (χ2n) is 7.11. The van der Waals surface area contributed by atoms with Gasteiger partial charge in [-0.1, -0.05) is 42.1 Å². The number of H-pyrrole nitrogens is 1. The fourth-order valence-electron chi connectivity index (χ4n) is 2.95. The average molecular weight is 454 g/mol. The highest BCUT2D eigenvalue weighted by Crippen LogP contribution is 2.29. The molecule has 2 aromatic heterocycles. The minimum absolute atomic E-state index is 0.000679. The van der Waals surface area contributed by atoms with Gasteiger partial charge in [0.15, 0.2) is 5.82 Å². The SMILES string of the molecule is Cc1ccccc1OCc1nc(SCC(=O)N(C)[C@H](C)c2nc3ccccc3s2)n[nH]1. The van der Waals surface area contributed by atoms with Crippen molar-refractivity contribution < 1.29 is 9.53 Å². The van der Waals surface area contributed by atoms with E-state index in [4.69, 9.17) is 4.74 Å². The predicted molar refractivity (Wildman–Crippen MR) is 123 cm³/mol.